The molecule has 1 fully saturated rings. The molecule has 0 saturated heterocycles. The van der Waals surface area contributed by atoms with Crippen LogP contribution in [0.25, 0.3) is 0 Å². The van der Waals surface area contributed by atoms with Crippen molar-refractivity contribution >= 4 is 9.47 Å². The van der Waals surface area contributed by atoms with Crippen LogP contribution < -0.4 is 4.52 Å². The summed E-state index contributed by atoms with van der Waals surface area (Å²) in [6, 6.07) is 6.24. The molecule has 1 atom stereocenters. The second-order valence-corrected chi connectivity index (χ2v) is 7.25. The van der Waals surface area contributed by atoms with Crippen molar-refractivity contribution in [2.75, 3.05) is 0 Å². The first kappa shape index (κ1) is 18.4. The van der Waals surface area contributed by atoms with Crippen molar-refractivity contribution in [2.24, 2.45) is 11.8 Å². The van der Waals surface area contributed by atoms with Crippen molar-refractivity contribution in [3.05, 3.63) is 29.3 Å². The van der Waals surface area contributed by atoms with Crippen molar-refractivity contribution in [3.63, 3.8) is 0 Å². The minimum atomic E-state index is 0.772. The highest BCUT2D eigenvalue weighted by Gasteiger charge is 2.20. The molecule has 0 N–H and O–H groups in total. The summed E-state index contributed by atoms with van der Waals surface area (Å²) in [7, 11) is 2.27. The number of aryl methyl sites for hydroxylation is 1. The highest BCUT2D eigenvalue weighted by molar-refractivity contribution is 7.10. The smallest absolute Gasteiger partial charge is 0.138 e. The van der Waals surface area contributed by atoms with Gasteiger partial charge < -0.3 is 4.52 Å². The third-order valence-corrected chi connectivity index (χ3v) is 5.60. The monoisotopic (exact) mass is 330 g/mol. The molecule has 1 aliphatic rings. The Kier molecular flexibility index (Phi) is 7.98. The van der Waals surface area contributed by atoms with E-state index < -0.39 is 0 Å². The van der Waals surface area contributed by atoms with E-state index in [0.717, 1.165) is 29.6 Å². The average molecular weight is 330 g/mol. The molecule has 0 bridgehead atoms. The molecule has 1 nitrogen and oxygen atoms in total. The van der Waals surface area contributed by atoms with Gasteiger partial charge in [0.1, 0.15) is 5.75 Å². The Morgan fingerprint density at radius 3 is 2.43 bits per heavy atom. The van der Waals surface area contributed by atoms with E-state index >= 15 is 0 Å². The van der Waals surface area contributed by atoms with Crippen LogP contribution >= 0.6 is 9.47 Å². The summed E-state index contributed by atoms with van der Waals surface area (Å²) in [4.78, 5) is 0. The van der Waals surface area contributed by atoms with Crippen LogP contribution in [0.1, 0.15) is 75.8 Å². The summed E-state index contributed by atoms with van der Waals surface area (Å²) in [5, 5.41) is 0. The summed E-state index contributed by atoms with van der Waals surface area (Å²) in [5.74, 6) is 5.40. The number of terminal acetylenes is 1. The highest BCUT2D eigenvalue weighted by Crippen LogP contribution is 2.34. The van der Waals surface area contributed by atoms with Gasteiger partial charge in [-0.2, -0.15) is 0 Å². The molecule has 0 aromatic heterocycles. The van der Waals surface area contributed by atoms with Gasteiger partial charge in [-0.05, 0) is 42.4 Å². The van der Waals surface area contributed by atoms with Crippen LogP contribution in [0.2, 0.25) is 0 Å². The van der Waals surface area contributed by atoms with E-state index in [-0.39, 0.29) is 0 Å². The van der Waals surface area contributed by atoms with Crippen LogP contribution in [0.4, 0.5) is 0 Å². The van der Waals surface area contributed by atoms with Gasteiger partial charge in [0.2, 0.25) is 0 Å². The Balaban J connectivity index is 1.74. The molecule has 2 heteroatoms. The fourth-order valence-corrected chi connectivity index (χ4v) is 4.02. The molecule has 0 spiro atoms. The van der Waals surface area contributed by atoms with E-state index in [4.69, 9.17) is 10.9 Å². The molecule has 2 rings (SSSR count). The first-order chi connectivity index (χ1) is 11.3. The summed E-state index contributed by atoms with van der Waals surface area (Å²) in [5.41, 5.74) is 2.20. The van der Waals surface area contributed by atoms with Crippen LogP contribution in [0.3, 0.4) is 0 Å². The number of rotatable bonds is 8. The SMILES string of the molecule is C#Cc1cc(CCC2CCC(CCCCC)CC2)ccc1OP. The van der Waals surface area contributed by atoms with Crippen molar-refractivity contribution in [3.8, 4) is 18.1 Å². The molecule has 1 saturated carbocycles. The second kappa shape index (κ2) is 10.00. The quantitative estimate of drug-likeness (QED) is 0.315. The maximum Gasteiger partial charge on any atom is 0.138 e. The molecule has 0 aliphatic heterocycles. The van der Waals surface area contributed by atoms with Crippen LogP contribution in [0.5, 0.6) is 5.75 Å². The first-order valence-electron chi connectivity index (χ1n) is 9.23. The third kappa shape index (κ3) is 5.86. The molecule has 0 amide bonds. The first-order valence-corrected chi connectivity index (χ1v) is 9.70. The van der Waals surface area contributed by atoms with Gasteiger partial charge in [-0.25, -0.2) is 0 Å². The number of unbranched alkanes of at least 4 members (excludes halogenated alkanes) is 2. The largest absolute Gasteiger partial charge is 0.479 e. The fourth-order valence-electron chi connectivity index (χ4n) is 3.81. The molecule has 1 unspecified atom stereocenters. The lowest BCUT2D eigenvalue weighted by atomic mass is 9.78. The maximum atomic E-state index is 5.56. The predicted molar refractivity (Wildman–Crippen MR) is 103 cm³/mol. The van der Waals surface area contributed by atoms with Gasteiger partial charge in [0, 0.05) is 0 Å². The molecular weight excluding hydrogens is 299 g/mol. The molecule has 126 valence electrons. The minimum absolute atomic E-state index is 0.772. The van der Waals surface area contributed by atoms with Crippen LogP contribution in [0.15, 0.2) is 18.2 Å². The average Bonchev–Trinajstić information content (AvgIpc) is 2.61. The van der Waals surface area contributed by atoms with E-state index in [1.807, 2.05) is 6.07 Å². The van der Waals surface area contributed by atoms with E-state index in [1.165, 1.54) is 63.4 Å². The van der Waals surface area contributed by atoms with E-state index in [2.05, 4.69) is 34.4 Å². The minimum Gasteiger partial charge on any atom is -0.479 e. The molecule has 1 aromatic carbocycles. The van der Waals surface area contributed by atoms with Crippen molar-refractivity contribution in [1.82, 2.24) is 0 Å². The Bertz CT molecular complexity index is 509. The van der Waals surface area contributed by atoms with Gasteiger partial charge in [0.05, 0.1) is 15.0 Å². The normalized spacial score (nSPS) is 20.9. The van der Waals surface area contributed by atoms with Crippen LogP contribution in [-0.4, -0.2) is 0 Å². The van der Waals surface area contributed by atoms with Crippen molar-refractivity contribution in [1.29, 1.82) is 0 Å². The summed E-state index contributed by atoms with van der Waals surface area (Å²) in [6.07, 6.45) is 19.4. The Morgan fingerprint density at radius 1 is 1.13 bits per heavy atom. The van der Waals surface area contributed by atoms with Gasteiger partial charge in [0.25, 0.3) is 0 Å². The third-order valence-electron chi connectivity index (χ3n) is 5.35. The van der Waals surface area contributed by atoms with Gasteiger partial charge in [-0.15, -0.1) is 6.42 Å². The lowest BCUT2D eigenvalue weighted by Crippen LogP contribution is -2.15. The van der Waals surface area contributed by atoms with Crippen molar-refractivity contribution < 1.29 is 4.52 Å². The zero-order valence-corrected chi connectivity index (χ0v) is 15.7. The molecule has 1 aliphatic carbocycles. The van der Waals surface area contributed by atoms with E-state index in [0.29, 0.717) is 0 Å². The number of benzene rings is 1. The fraction of sp³-hybridized carbons (Fsp3) is 0.619. The van der Waals surface area contributed by atoms with Gasteiger partial charge in [-0.1, -0.05) is 70.3 Å². The van der Waals surface area contributed by atoms with Gasteiger partial charge in [-0.3, -0.25) is 0 Å². The molecule has 0 radical (unpaired) electrons. The van der Waals surface area contributed by atoms with Crippen LogP contribution in [0, 0.1) is 24.2 Å². The summed E-state index contributed by atoms with van der Waals surface area (Å²) < 4.78 is 5.21. The molecule has 23 heavy (non-hydrogen) atoms. The molecule has 1 aromatic rings. The summed E-state index contributed by atoms with van der Waals surface area (Å²) >= 11 is 0. The zero-order valence-electron chi connectivity index (χ0n) is 14.5. The van der Waals surface area contributed by atoms with Crippen molar-refractivity contribution in [2.45, 2.75) is 71.1 Å². The van der Waals surface area contributed by atoms with Gasteiger partial charge >= 0.3 is 0 Å². The van der Waals surface area contributed by atoms with Gasteiger partial charge in [0.15, 0.2) is 0 Å². The maximum absolute atomic E-state index is 5.56. The lowest BCUT2D eigenvalue weighted by molar-refractivity contribution is 0.249. The Labute approximate surface area is 144 Å². The molecule has 0 heterocycles. The second-order valence-electron chi connectivity index (χ2n) is 7.01. The highest BCUT2D eigenvalue weighted by atomic mass is 31.0. The molecular formula is C21H31OP. The zero-order chi connectivity index (χ0) is 16.5. The van der Waals surface area contributed by atoms with Crippen LogP contribution in [-0.2, 0) is 6.42 Å². The van der Waals surface area contributed by atoms with E-state index in [9.17, 15) is 0 Å². The Morgan fingerprint density at radius 2 is 1.83 bits per heavy atom. The topological polar surface area (TPSA) is 9.23 Å². The number of hydrogen-bond donors (Lipinski definition) is 0. The predicted octanol–water partition coefficient (Wildman–Crippen LogP) is 6.16. The standard InChI is InChI=1S/C21H31OP/c1-3-5-6-7-17-8-10-18(11-9-17)12-13-19-14-15-21(22-23)20(4-2)16-19/h2,14-18H,3,5-13,23H2,1H3. The van der Waals surface area contributed by atoms with E-state index in [1.54, 1.807) is 0 Å². The lowest BCUT2D eigenvalue weighted by Gasteiger charge is -2.28. The number of hydrogen-bond acceptors (Lipinski definition) is 1. The Hall–Kier alpha value is -0.990. The summed E-state index contributed by atoms with van der Waals surface area (Å²) in [6.45, 7) is 2.29.